The summed E-state index contributed by atoms with van der Waals surface area (Å²) in [4.78, 5) is 10.5. The van der Waals surface area contributed by atoms with Gasteiger partial charge in [0.15, 0.2) is 0 Å². The molecule has 0 bridgehead atoms. The lowest BCUT2D eigenvalue weighted by atomic mass is 10.1. The molecule has 0 aliphatic rings. The second-order valence-corrected chi connectivity index (χ2v) is 5.27. The van der Waals surface area contributed by atoms with E-state index in [9.17, 15) is 4.79 Å². The second-order valence-electron chi connectivity index (χ2n) is 5.27. The molecule has 1 aromatic rings. The van der Waals surface area contributed by atoms with Crippen LogP contribution in [0.2, 0.25) is 0 Å². The van der Waals surface area contributed by atoms with E-state index < -0.39 is 0 Å². The van der Waals surface area contributed by atoms with Gasteiger partial charge in [0.25, 0.3) is 0 Å². The van der Waals surface area contributed by atoms with Gasteiger partial charge in [-0.25, -0.2) is 0 Å². The van der Waals surface area contributed by atoms with Crippen molar-refractivity contribution in [1.29, 1.82) is 0 Å². The molecule has 0 unspecified atom stereocenters. The van der Waals surface area contributed by atoms with Crippen molar-refractivity contribution in [1.82, 2.24) is 0 Å². The van der Waals surface area contributed by atoms with E-state index in [0.29, 0.717) is 5.56 Å². The van der Waals surface area contributed by atoms with Crippen LogP contribution in [0, 0.1) is 11.8 Å². The molecular formula is C19H26O. The van der Waals surface area contributed by atoms with Gasteiger partial charge in [0.2, 0.25) is 0 Å². The third kappa shape index (κ3) is 7.79. The number of rotatable bonds is 9. The molecule has 1 rings (SSSR count). The van der Waals surface area contributed by atoms with Gasteiger partial charge in [0.1, 0.15) is 6.29 Å². The fraction of sp³-hybridized carbons (Fsp3) is 0.526. The van der Waals surface area contributed by atoms with E-state index in [0.717, 1.165) is 18.3 Å². The lowest BCUT2D eigenvalue weighted by molar-refractivity contribution is 0.112. The van der Waals surface area contributed by atoms with Crippen molar-refractivity contribution in [2.24, 2.45) is 0 Å². The van der Waals surface area contributed by atoms with Crippen LogP contribution in [0.5, 0.6) is 0 Å². The van der Waals surface area contributed by atoms with Crippen LogP contribution in [0.3, 0.4) is 0 Å². The Labute approximate surface area is 123 Å². The highest BCUT2D eigenvalue weighted by Crippen LogP contribution is 2.09. The van der Waals surface area contributed by atoms with Gasteiger partial charge >= 0.3 is 0 Å². The second kappa shape index (κ2) is 11.3. The number of benzene rings is 1. The van der Waals surface area contributed by atoms with Gasteiger partial charge in [-0.05, 0) is 18.6 Å². The van der Waals surface area contributed by atoms with Gasteiger partial charge in [0.05, 0.1) is 0 Å². The molecule has 0 saturated carbocycles. The largest absolute Gasteiger partial charge is 0.298 e. The van der Waals surface area contributed by atoms with Gasteiger partial charge < -0.3 is 0 Å². The predicted octanol–water partition coefficient (Wildman–Crippen LogP) is 5.38. The Morgan fingerprint density at radius 2 is 1.50 bits per heavy atom. The summed E-state index contributed by atoms with van der Waals surface area (Å²) >= 11 is 0. The fourth-order valence-corrected chi connectivity index (χ4v) is 2.16. The van der Waals surface area contributed by atoms with Gasteiger partial charge in [-0.2, -0.15) is 0 Å². The average Bonchev–Trinajstić information content (AvgIpc) is 2.50. The van der Waals surface area contributed by atoms with Crippen molar-refractivity contribution in [3.63, 3.8) is 0 Å². The average molecular weight is 270 g/mol. The zero-order valence-electron chi connectivity index (χ0n) is 12.7. The fourth-order valence-electron chi connectivity index (χ4n) is 2.16. The van der Waals surface area contributed by atoms with E-state index >= 15 is 0 Å². The van der Waals surface area contributed by atoms with Crippen LogP contribution in [-0.2, 0) is 0 Å². The Hall–Kier alpha value is -1.55. The van der Waals surface area contributed by atoms with Crippen LogP contribution >= 0.6 is 0 Å². The molecule has 0 aromatic heterocycles. The standard InChI is InChI=1S/C19H26O/c1-2-3-4-5-6-7-8-9-10-11-12-18-13-15-19(17-20)16-14-18/h13-17H,2-10H2,1H3. The highest BCUT2D eigenvalue weighted by atomic mass is 16.1. The predicted molar refractivity (Wildman–Crippen MR) is 85.9 cm³/mol. The van der Waals surface area contributed by atoms with Crippen molar-refractivity contribution in [3.8, 4) is 11.8 Å². The molecule has 0 aliphatic carbocycles. The number of aldehydes is 1. The van der Waals surface area contributed by atoms with Crippen LogP contribution in [0.4, 0.5) is 0 Å². The zero-order chi connectivity index (χ0) is 14.5. The molecule has 1 nitrogen and oxygen atoms in total. The van der Waals surface area contributed by atoms with Crippen LogP contribution in [0.15, 0.2) is 24.3 Å². The quantitative estimate of drug-likeness (QED) is 0.334. The summed E-state index contributed by atoms with van der Waals surface area (Å²) in [6.07, 6.45) is 12.5. The first-order chi connectivity index (χ1) is 9.86. The monoisotopic (exact) mass is 270 g/mol. The van der Waals surface area contributed by atoms with Crippen molar-refractivity contribution in [3.05, 3.63) is 35.4 Å². The highest BCUT2D eigenvalue weighted by Gasteiger charge is 1.91. The molecule has 0 fully saturated rings. The molecule has 1 aromatic carbocycles. The topological polar surface area (TPSA) is 17.1 Å². The van der Waals surface area contributed by atoms with Gasteiger partial charge in [-0.3, -0.25) is 4.79 Å². The first kappa shape index (κ1) is 16.5. The van der Waals surface area contributed by atoms with E-state index in [1.807, 2.05) is 24.3 Å². The maximum Gasteiger partial charge on any atom is 0.150 e. The van der Waals surface area contributed by atoms with E-state index in [-0.39, 0.29) is 0 Å². The van der Waals surface area contributed by atoms with E-state index in [4.69, 9.17) is 0 Å². The molecule has 0 amide bonds. The molecule has 0 radical (unpaired) electrons. The normalized spacial score (nSPS) is 9.85. The Morgan fingerprint density at radius 1 is 0.900 bits per heavy atom. The van der Waals surface area contributed by atoms with E-state index in [2.05, 4.69) is 18.8 Å². The zero-order valence-corrected chi connectivity index (χ0v) is 12.7. The lowest BCUT2D eigenvalue weighted by Crippen LogP contribution is -1.81. The molecule has 20 heavy (non-hydrogen) atoms. The minimum Gasteiger partial charge on any atom is -0.298 e. The molecular weight excluding hydrogens is 244 g/mol. The van der Waals surface area contributed by atoms with Crippen LogP contribution in [-0.4, -0.2) is 6.29 Å². The van der Waals surface area contributed by atoms with Gasteiger partial charge in [-0.15, -0.1) is 0 Å². The van der Waals surface area contributed by atoms with Crippen molar-refractivity contribution in [2.75, 3.05) is 0 Å². The molecule has 0 aliphatic heterocycles. The first-order valence-corrected chi connectivity index (χ1v) is 7.91. The van der Waals surface area contributed by atoms with Gasteiger partial charge in [0, 0.05) is 17.5 Å². The summed E-state index contributed by atoms with van der Waals surface area (Å²) in [7, 11) is 0. The third-order valence-corrected chi connectivity index (χ3v) is 3.43. The number of hydrogen-bond donors (Lipinski definition) is 0. The van der Waals surface area contributed by atoms with Crippen LogP contribution in [0.25, 0.3) is 0 Å². The van der Waals surface area contributed by atoms with Crippen molar-refractivity contribution >= 4 is 6.29 Å². The minimum atomic E-state index is 0.707. The maximum atomic E-state index is 10.5. The summed E-state index contributed by atoms with van der Waals surface area (Å²) in [6.45, 7) is 2.26. The van der Waals surface area contributed by atoms with Gasteiger partial charge in [-0.1, -0.05) is 75.8 Å². The Bertz CT molecular complexity index is 419. The molecule has 0 saturated heterocycles. The smallest absolute Gasteiger partial charge is 0.150 e. The number of carbonyl (C=O) groups is 1. The minimum absolute atomic E-state index is 0.707. The maximum absolute atomic E-state index is 10.5. The SMILES string of the molecule is CCCCCCCCCCC#Cc1ccc(C=O)cc1. The highest BCUT2D eigenvalue weighted by molar-refractivity contribution is 5.74. The third-order valence-electron chi connectivity index (χ3n) is 3.43. The molecule has 1 heteroatoms. The Morgan fingerprint density at radius 3 is 2.10 bits per heavy atom. The molecule has 0 atom stereocenters. The lowest BCUT2D eigenvalue weighted by Gasteiger charge is -1.99. The van der Waals surface area contributed by atoms with E-state index in [1.165, 1.54) is 51.4 Å². The summed E-state index contributed by atoms with van der Waals surface area (Å²) < 4.78 is 0. The summed E-state index contributed by atoms with van der Waals surface area (Å²) in [6, 6.07) is 7.44. The number of hydrogen-bond acceptors (Lipinski definition) is 1. The first-order valence-electron chi connectivity index (χ1n) is 7.91. The van der Waals surface area contributed by atoms with Crippen LogP contribution < -0.4 is 0 Å². The summed E-state index contributed by atoms with van der Waals surface area (Å²) in [5, 5.41) is 0. The Kier molecular flexibility index (Phi) is 9.32. The molecule has 0 spiro atoms. The van der Waals surface area contributed by atoms with Crippen LogP contribution in [0.1, 0.15) is 80.6 Å². The molecule has 108 valence electrons. The number of carbonyl (C=O) groups excluding carboxylic acids is 1. The van der Waals surface area contributed by atoms with E-state index in [1.54, 1.807) is 0 Å². The Balaban J connectivity index is 2.06. The summed E-state index contributed by atoms with van der Waals surface area (Å²) in [5.74, 6) is 6.36. The molecule has 0 heterocycles. The number of unbranched alkanes of at least 4 members (excludes halogenated alkanes) is 8. The van der Waals surface area contributed by atoms with Crippen molar-refractivity contribution in [2.45, 2.75) is 64.7 Å². The summed E-state index contributed by atoms with van der Waals surface area (Å²) in [5.41, 5.74) is 1.70. The molecule has 0 N–H and O–H groups in total. The van der Waals surface area contributed by atoms with Crippen molar-refractivity contribution < 1.29 is 4.79 Å².